The number of benzene rings is 2. The Kier molecular flexibility index (Phi) is 5.34. The maximum atomic E-state index is 12.7. The average molecular weight is 352 g/mol. The fourth-order valence-electron chi connectivity index (χ4n) is 2.79. The highest BCUT2D eigenvalue weighted by Crippen LogP contribution is 2.22. The van der Waals surface area contributed by atoms with E-state index in [0.717, 1.165) is 10.9 Å². The lowest BCUT2D eigenvalue weighted by atomic mass is 10.1. The van der Waals surface area contributed by atoms with Crippen LogP contribution in [0.1, 0.15) is 10.4 Å². The van der Waals surface area contributed by atoms with Gasteiger partial charge in [-0.25, -0.2) is 0 Å². The summed E-state index contributed by atoms with van der Waals surface area (Å²) in [6, 6.07) is 14.3. The van der Waals surface area contributed by atoms with Crippen LogP contribution in [0.4, 0.5) is 5.69 Å². The van der Waals surface area contributed by atoms with Gasteiger partial charge in [0.1, 0.15) is 5.75 Å². The second kappa shape index (κ2) is 7.84. The number of fused-ring (bicyclic) bond motifs is 1. The Labute approximate surface area is 151 Å². The fourth-order valence-corrected chi connectivity index (χ4v) is 2.79. The van der Waals surface area contributed by atoms with Crippen molar-refractivity contribution in [1.29, 1.82) is 0 Å². The number of ketones is 1. The lowest BCUT2D eigenvalue weighted by Gasteiger charge is -2.05. The summed E-state index contributed by atoms with van der Waals surface area (Å²) < 4.78 is 12.1. The zero-order valence-electron chi connectivity index (χ0n) is 14.7. The summed E-state index contributed by atoms with van der Waals surface area (Å²) in [7, 11) is 3.19. The predicted molar refractivity (Wildman–Crippen MR) is 99.8 cm³/mol. The van der Waals surface area contributed by atoms with Crippen molar-refractivity contribution in [2.45, 2.75) is 6.54 Å². The maximum Gasteiger partial charge on any atom is 0.296 e. The van der Waals surface area contributed by atoms with E-state index in [1.807, 2.05) is 28.8 Å². The topological polar surface area (TPSA) is 69.6 Å². The molecule has 6 nitrogen and oxygen atoms in total. The van der Waals surface area contributed by atoms with Crippen LogP contribution in [0.2, 0.25) is 0 Å². The van der Waals surface area contributed by atoms with Crippen LogP contribution in [0.5, 0.6) is 5.75 Å². The summed E-state index contributed by atoms with van der Waals surface area (Å²) in [6.45, 7) is 1.12. The molecule has 3 rings (SSSR count). The number of para-hydroxylation sites is 1. The van der Waals surface area contributed by atoms with Crippen LogP contribution in [0.15, 0.2) is 54.7 Å². The quantitative estimate of drug-likeness (QED) is 0.524. The highest BCUT2D eigenvalue weighted by Gasteiger charge is 2.21. The summed E-state index contributed by atoms with van der Waals surface area (Å²) in [5.74, 6) is -0.575. The Morgan fingerprint density at radius 1 is 1.04 bits per heavy atom. The van der Waals surface area contributed by atoms with Crippen molar-refractivity contribution < 1.29 is 19.1 Å². The van der Waals surface area contributed by atoms with Gasteiger partial charge in [-0.1, -0.05) is 18.2 Å². The van der Waals surface area contributed by atoms with Crippen molar-refractivity contribution in [2.24, 2.45) is 0 Å². The molecule has 0 radical (unpaired) electrons. The molecule has 3 aromatic rings. The molecule has 0 aliphatic carbocycles. The number of amides is 1. The van der Waals surface area contributed by atoms with Crippen molar-refractivity contribution in [2.75, 3.05) is 26.1 Å². The summed E-state index contributed by atoms with van der Waals surface area (Å²) >= 11 is 0. The highest BCUT2D eigenvalue weighted by molar-refractivity contribution is 6.48. The largest absolute Gasteiger partial charge is 0.497 e. The molecule has 6 heteroatoms. The van der Waals surface area contributed by atoms with E-state index in [0.29, 0.717) is 30.2 Å². The number of anilines is 1. The Balaban J connectivity index is 1.85. The zero-order chi connectivity index (χ0) is 18.5. The minimum absolute atomic E-state index is 0.378. The predicted octanol–water partition coefficient (Wildman–Crippen LogP) is 3.12. The van der Waals surface area contributed by atoms with E-state index in [4.69, 9.17) is 9.47 Å². The van der Waals surface area contributed by atoms with E-state index in [2.05, 4.69) is 5.32 Å². The first-order chi connectivity index (χ1) is 12.6. The Morgan fingerprint density at radius 3 is 2.46 bits per heavy atom. The minimum Gasteiger partial charge on any atom is -0.497 e. The first kappa shape index (κ1) is 17.7. The molecule has 26 heavy (non-hydrogen) atoms. The lowest BCUT2D eigenvalue weighted by molar-refractivity contribution is -0.112. The molecule has 0 aliphatic rings. The van der Waals surface area contributed by atoms with Crippen molar-refractivity contribution >= 4 is 28.3 Å². The van der Waals surface area contributed by atoms with E-state index >= 15 is 0 Å². The van der Waals surface area contributed by atoms with Crippen LogP contribution < -0.4 is 10.1 Å². The molecule has 0 saturated heterocycles. The number of Topliss-reactive ketones (excluding diaryl/α,β-unsaturated/α-hetero) is 1. The van der Waals surface area contributed by atoms with Crippen LogP contribution in [0.25, 0.3) is 10.9 Å². The van der Waals surface area contributed by atoms with Gasteiger partial charge < -0.3 is 19.4 Å². The molecule has 1 aromatic heterocycles. The summed E-state index contributed by atoms with van der Waals surface area (Å²) in [5.41, 5.74) is 1.81. The molecule has 0 fully saturated rings. The van der Waals surface area contributed by atoms with Crippen molar-refractivity contribution in [1.82, 2.24) is 4.57 Å². The Hall–Kier alpha value is -3.12. The number of hydrogen-bond donors (Lipinski definition) is 1. The van der Waals surface area contributed by atoms with Gasteiger partial charge >= 0.3 is 0 Å². The van der Waals surface area contributed by atoms with Gasteiger partial charge in [0.15, 0.2) is 0 Å². The highest BCUT2D eigenvalue weighted by atomic mass is 16.5. The average Bonchev–Trinajstić information content (AvgIpc) is 3.05. The number of methoxy groups -OCH3 is 2. The number of nitrogens with one attached hydrogen (secondary N) is 1. The summed E-state index contributed by atoms with van der Waals surface area (Å²) in [4.78, 5) is 25.1. The second-order valence-corrected chi connectivity index (χ2v) is 5.76. The second-order valence-electron chi connectivity index (χ2n) is 5.76. The SMILES string of the molecule is COCCn1cc(C(=O)C(=O)Nc2ccc(OC)cc2)c2ccccc21. The third-order valence-electron chi connectivity index (χ3n) is 4.12. The number of carbonyl (C=O) groups excluding carboxylic acids is 2. The Morgan fingerprint density at radius 2 is 1.77 bits per heavy atom. The monoisotopic (exact) mass is 352 g/mol. The molecular formula is C20H20N2O4. The standard InChI is InChI=1S/C20H20N2O4/c1-25-12-11-22-13-17(16-5-3-4-6-18(16)22)19(23)20(24)21-14-7-9-15(26-2)10-8-14/h3-10,13H,11-12H2,1-2H3,(H,21,24). The van der Waals surface area contributed by atoms with Gasteiger partial charge in [0.05, 0.1) is 19.3 Å². The van der Waals surface area contributed by atoms with E-state index in [-0.39, 0.29) is 0 Å². The third-order valence-corrected chi connectivity index (χ3v) is 4.12. The molecule has 0 bridgehead atoms. The van der Waals surface area contributed by atoms with Gasteiger partial charge in [-0.05, 0) is 30.3 Å². The van der Waals surface area contributed by atoms with Gasteiger partial charge in [0, 0.05) is 36.4 Å². The molecule has 0 spiro atoms. The zero-order valence-corrected chi connectivity index (χ0v) is 14.7. The normalized spacial score (nSPS) is 10.7. The summed E-state index contributed by atoms with van der Waals surface area (Å²) in [6.07, 6.45) is 1.71. The first-order valence-electron chi connectivity index (χ1n) is 8.20. The van der Waals surface area contributed by atoms with Crippen molar-refractivity contribution in [3.05, 3.63) is 60.3 Å². The molecule has 134 valence electrons. The number of ether oxygens (including phenoxy) is 2. The molecule has 0 unspecified atom stereocenters. The van der Waals surface area contributed by atoms with Gasteiger partial charge in [0.2, 0.25) is 0 Å². The summed E-state index contributed by atoms with van der Waals surface area (Å²) in [5, 5.41) is 3.38. The van der Waals surface area contributed by atoms with Crippen LogP contribution in [-0.4, -0.2) is 37.1 Å². The minimum atomic E-state index is -0.676. The van der Waals surface area contributed by atoms with E-state index < -0.39 is 11.7 Å². The maximum absolute atomic E-state index is 12.7. The number of nitrogens with zero attached hydrogens (tertiary/aromatic N) is 1. The van der Waals surface area contributed by atoms with E-state index in [1.54, 1.807) is 44.7 Å². The van der Waals surface area contributed by atoms with Crippen molar-refractivity contribution in [3.8, 4) is 5.75 Å². The molecule has 1 N–H and O–H groups in total. The van der Waals surface area contributed by atoms with Gasteiger partial charge in [-0.2, -0.15) is 0 Å². The fraction of sp³-hybridized carbons (Fsp3) is 0.200. The number of carbonyl (C=O) groups is 2. The number of aromatic nitrogens is 1. The molecular weight excluding hydrogens is 332 g/mol. The number of hydrogen-bond acceptors (Lipinski definition) is 4. The van der Waals surface area contributed by atoms with Crippen LogP contribution in [0.3, 0.4) is 0 Å². The van der Waals surface area contributed by atoms with Crippen LogP contribution in [-0.2, 0) is 16.1 Å². The molecule has 0 atom stereocenters. The van der Waals surface area contributed by atoms with Gasteiger partial charge in [-0.15, -0.1) is 0 Å². The Bertz CT molecular complexity index is 929. The molecule has 0 aliphatic heterocycles. The van der Waals surface area contributed by atoms with E-state index in [9.17, 15) is 9.59 Å². The molecule has 2 aromatic carbocycles. The van der Waals surface area contributed by atoms with Crippen LogP contribution >= 0.6 is 0 Å². The number of rotatable bonds is 7. The van der Waals surface area contributed by atoms with Gasteiger partial charge in [0.25, 0.3) is 11.7 Å². The third kappa shape index (κ3) is 3.60. The van der Waals surface area contributed by atoms with E-state index in [1.165, 1.54) is 0 Å². The smallest absolute Gasteiger partial charge is 0.296 e. The van der Waals surface area contributed by atoms with Crippen molar-refractivity contribution in [3.63, 3.8) is 0 Å². The van der Waals surface area contributed by atoms with Gasteiger partial charge in [-0.3, -0.25) is 9.59 Å². The lowest BCUT2D eigenvalue weighted by Crippen LogP contribution is -2.22. The van der Waals surface area contributed by atoms with Crippen LogP contribution in [0, 0.1) is 0 Å². The molecule has 1 heterocycles. The first-order valence-corrected chi connectivity index (χ1v) is 8.20. The molecule has 1 amide bonds. The molecule has 0 saturated carbocycles.